The highest BCUT2D eigenvalue weighted by atomic mass is 16.5. The summed E-state index contributed by atoms with van der Waals surface area (Å²) < 4.78 is 4.47. The predicted octanol–water partition coefficient (Wildman–Crippen LogP) is -0.604. The Hall–Kier alpha value is -0.610. The van der Waals surface area contributed by atoms with Crippen LogP contribution in [0, 0.1) is 0 Å². The topological polar surface area (TPSA) is 55.6 Å². The molecule has 4 heteroatoms. The Balaban J connectivity index is 4.24. The van der Waals surface area contributed by atoms with Crippen LogP contribution in [0.5, 0.6) is 0 Å². The summed E-state index contributed by atoms with van der Waals surface area (Å²) in [7, 11) is 4.75. The Morgan fingerprint density at radius 1 is 1.60 bits per heavy atom. The fourth-order valence-electron chi connectivity index (χ4n) is 0.389. The van der Waals surface area contributed by atoms with E-state index in [1.165, 1.54) is 7.11 Å². The lowest BCUT2D eigenvalue weighted by atomic mass is 10.2. The molecule has 0 rings (SSSR count). The van der Waals surface area contributed by atoms with E-state index in [4.69, 9.17) is 5.73 Å². The molecule has 0 bridgehead atoms. The molecule has 0 aromatic heterocycles. The van der Waals surface area contributed by atoms with Gasteiger partial charge in [-0.05, 0) is 21.0 Å². The average Bonchev–Trinajstić information content (AvgIpc) is 1.86. The first-order valence-corrected chi connectivity index (χ1v) is 2.97. The van der Waals surface area contributed by atoms with Crippen LogP contribution in [-0.2, 0) is 9.53 Å². The number of hydrogen-bond donors (Lipinski definition) is 1. The van der Waals surface area contributed by atoms with Crippen LogP contribution in [0.2, 0.25) is 0 Å². The van der Waals surface area contributed by atoms with Gasteiger partial charge in [0.05, 0.1) is 7.11 Å². The van der Waals surface area contributed by atoms with Crippen molar-refractivity contribution in [1.82, 2.24) is 4.90 Å². The van der Waals surface area contributed by atoms with Crippen molar-refractivity contribution in [2.45, 2.75) is 12.6 Å². The van der Waals surface area contributed by atoms with Crippen molar-refractivity contribution < 1.29 is 9.53 Å². The molecular weight excluding hydrogens is 132 g/mol. The number of likely N-dealkylation sites (N-methyl/N-ethyl adjacent to an activating group) is 1. The second-order valence-corrected chi connectivity index (χ2v) is 2.53. The zero-order valence-electron chi connectivity index (χ0n) is 6.84. The summed E-state index contributed by atoms with van der Waals surface area (Å²) in [6, 6.07) is 0. The van der Waals surface area contributed by atoms with Gasteiger partial charge in [0.15, 0.2) is 5.66 Å². The second-order valence-electron chi connectivity index (χ2n) is 2.53. The van der Waals surface area contributed by atoms with Gasteiger partial charge in [-0.15, -0.1) is 0 Å². The highest BCUT2D eigenvalue weighted by Crippen LogP contribution is 2.03. The zero-order valence-corrected chi connectivity index (χ0v) is 6.84. The molecule has 0 radical (unpaired) electrons. The summed E-state index contributed by atoms with van der Waals surface area (Å²) in [5.41, 5.74) is 4.55. The number of nitrogens with zero attached hydrogens (tertiary/aromatic N) is 1. The predicted molar refractivity (Wildman–Crippen MR) is 38.3 cm³/mol. The molecule has 0 spiro atoms. The molecule has 1 atom stereocenters. The maximum atomic E-state index is 10.9. The standard InChI is InChI=1S/C6H14N2O2/c1-6(7,8(2)3)5(9)10-4/h7H2,1-4H3. The first-order chi connectivity index (χ1) is 4.42. The van der Waals surface area contributed by atoms with Gasteiger partial charge in [-0.25, -0.2) is 4.79 Å². The fraction of sp³-hybridized carbons (Fsp3) is 0.833. The van der Waals surface area contributed by atoms with Crippen molar-refractivity contribution in [2.75, 3.05) is 21.2 Å². The Morgan fingerprint density at radius 3 is 2.10 bits per heavy atom. The zero-order chi connectivity index (χ0) is 8.36. The minimum absolute atomic E-state index is 0.433. The molecule has 2 N–H and O–H groups in total. The van der Waals surface area contributed by atoms with E-state index in [2.05, 4.69) is 4.74 Å². The monoisotopic (exact) mass is 146 g/mol. The molecular formula is C6H14N2O2. The van der Waals surface area contributed by atoms with Crippen LogP contribution < -0.4 is 5.73 Å². The molecule has 0 aliphatic heterocycles. The van der Waals surface area contributed by atoms with Crippen LogP contribution >= 0.6 is 0 Å². The molecule has 0 fully saturated rings. The van der Waals surface area contributed by atoms with Crippen molar-refractivity contribution in [3.05, 3.63) is 0 Å². The maximum Gasteiger partial charge on any atom is 0.340 e. The first kappa shape index (κ1) is 9.39. The Kier molecular flexibility index (Phi) is 2.80. The smallest absolute Gasteiger partial charge is 0.340 e. The number of carbonyl (C=O) groups excluding carboxylic acids is 1. The first-order valence-electron chi connectivity index (χ1n) is 2.97. The number of ether oxygens (including phenoxy) is 1. The summed E-state index contributed by atoms with van der Waals surface area (Å²) >= 11 is 0. The van der Waals surface area contributed by atoms with Crippen LogP contribution in [0.25, 0.3) is 0 Å². The van der Waals surface area contributed by atoms with Gasteiger partial charge in [-0.3, -0.25) is 4.90 Å². The SMILES string of the molecule is COC(=O)C(C)(N)N(C)C. The molecule has 0 aromatic rings. The summed E-state index contributed by atoms with van der Waals surface area (Å²) in [4.78, 5) is 12.5. The van der Waals surface area contributed by atoms with Crippen LogP contribution in [-0.4, -0.2) is 37.7 Å². The molecule has 0 saturated heterocycles. The lowest BCUT2D eigenvalue weighted by Gasteiger charge is -2.28. The largest absolute Gasteiger partial charge is 0.467 e. The van der Waals surface area contributed by atoms with Crippen molar-refractivity contribution in [3.63, 3.8) is 0 Å². The molecule has 60 valence electrons. The lowest BCUT2D eigenvalue weighted by molar-refractivity contribution is -0.152. The van der Waals surface area contributed by atoms with Gasteiger partial charge >= 0.3 is 5.97 Å². The van der Waals surface area contributed by atoms with E-state index < -0.39 is 11.6 Å². The van der Waals surface area contributed by atoms with Gasteiger partial charge in [-0.2, -0.15) is 0 Å². The Morgan fingerprint density at radius 2 is 2.00 bits per heavy atom. The van der Waals surface area contributed by atoms with E-state index in [1.807, 2.05) is 0 Å². The molecule has 0 aliphatic rings. The van der Waals surface area contributed by atoms with Gasteiger partial charge < -0.3 is 10.5 Å². The molecule has 10 heavy (non-hydrogen) atoms. The van der Waals surface area contributed by atoms with E-state index in [-0.39, 0.29) is 0 Å². The summed E-state index contributed by atoms with van der Waals surface area (Å²) in [6.07, 6.45) is 0. The minimum Gasteiger partial charge on any atom is -0.467 e. The van der Waals surface area contributed by atoms with Crippen LogP contribution in [0.3, 0.4) is 0 Å². The Labute approximate surface area is 60.9 Å². The highest BCUT2D eigenvalue weighted by molar-refractivity contribution is 5.79. The molecule has 0 aromatic carbocycles. The third kappa shape index (κ3) is 1.68. The number of hydrogen-bond acceptors (Lipinski definition) is 4. The van der Waals surface area contributed by atoms with Gasteiger partial charge in [0.25, 0.3) is 0 Å². The van der Waals surface area contributed by atoms with E-state index in [1.54, 1.807) is 25.9 Å². The van der Waals surface area contributed by atoms with Crippen LogP contribution in [0.1, 0.15) is 6.92 Å². The van der Waals surface area contributed by atoms with E-state index in [0.29, 0.717) is 0 Å². The number of rotatable bonds is 2. The number of esters is 1. The average molecular weight is 146 g/mol. The number of carbonyl (C=O) groups is 1. The molecule has 0 amide bonds. The minimum atomic E-state index is -1.02. The van der Waals surface area contributed by atoms with Crippen molar-refractivity contribution >= 4 is 5.97 Å². The van der Waals surface area contributed by atoms with Crippen LogP contribution in [0.4, 0.5) is 0 Å². The third-order valence-corrected chi connectivity index (χ3v) is 1.53. The van der Waals surface area contributed by atoms with E-state index in [9.17, 15) is 4.79 Å². The number of nitrogens with two attached hydrogens (primary N) is 1. The van der Waals surface area contributed by atoms with Crippen molar-refractivity contribution in [3.8, 4) is 0 Å². The Bertz CT molecular complexity index is 132. The quantitative estimate of drug-likeness (QED) is 0.417. The summed E-state index contributed by atoms with van der Waals surface area (Å²) in [6.45, 7) is 1.60. The van der Waals surface area contributed by atoms with Crippen molar-refractivity contribution in [1.29, 1.82) is 0 Å². The summed E-state index contributed by atoms with van der Waals surface area (Å²) in [5.74, 6) is -0.433. The summed E-state index contributed by atoms with van der Waals surface area (Å²) in [5, 5.41) is 0. The second kappa shape index (κ2) is 2.98. The van der Waals surface area contributed by atoms with Gasteiger partial charge in [0, 0.05) is 0 Å². The van der Waals surface area contributed by atoms with E-state index in [0.717, 1.165) is 0 Å². The van der Waals surface area contributed by atoms with Gasteiger partial charge in [0.1, 0.15) is 0 Å². The maximum absolute atomic E-state index is 10.9. The molecule has 0 heterocycles. The van der Waals surface area contributed by atoms with Crippen molar-refractivity contribution in [2.24, 2.45) is 5.73 Å². The molecule has 4 nitrogen and oxygen atoms in total. The van der Waals surface area contributed by atoms with Gasteiger partial charge in [0.2, 0.25) is 0 Å². The van der Waals surface area contributed by atoms with E-state index >= 15 is 0 Å². The molecule has 0 aliphatic carbocycles. The molecule has 1 unspecified atom stereocenters. The lowest BCUT2D eigenvalue weighted by Crippen LogP contribution is -2.56. The molecule has 0 saturated carbocycles. The third-order valence-electron chi connectivity index (χ3n) is 1.53. The normalized spacial score (nSPS) is 16.6. The van der Waals surface area contributed by atoms with Crippen LogP contribution in [0.15, 0.2) is 0 Å². The fourth-order valence-corrected chi connectivity index (χ4v) is 0.389. The van der Waals surface area contributed by atoms with Gasteiger partial charge in [-0.1, -0.05) is 0 Å². The number of methoxy groups -OCH3 is 1. The highest BCUT2D eigenvalue weighted by Gasteiger charge is 2.31.